The van der Waals surface area contributed by atoms with Gasteiger partial charge in [0.2, 0.25) is 5.91 Å². The van der Waals surface area contributed by atoms with Gasteiger partial charge in [0.25, 0.3) is 0 Å². The van der Waals surface area contributed by atoms with E-state index in [0.717, 1.165) is 11.3 Å². The van der Waals surface area contributed by atoms with Gasteiger partial charge in [-0.25, -0.2) is 0 Å². The fraction of sp³-hybridized carbons (Fsp3) is 0.261. The van der Waals surface area contributed by atoms with Gasteiger partial charge in [-0.15, -0.1) is 16.8 Å². The predicted molar refractivity (Wildman–Crippen MR) is 126 cm³/mol. The molecule has 0 fully saturated rings. The molecule has 1 N–H and O–H groups in total. The molecule has 1 amide bonds. The maximum Gasteiger partial charge on any atom is 0.230 e. The van der Waals surface area contributed by atoms with Crippen molar-refractivity contribution in [1.29, 1.82) is 0 Å². The van der Waals surface area contributed by atoms with Crippen LogP contribution in [0.5, 0.6) is 11.5 Å². The van der Waals surface area contributed by atoms with Crippen LogP contribution in [0.1, 0.15) is 24.4 Å². The Bertz CT molecular complexity index is 1040. The highest BCUT2D eigenvalue weighted by Gasteiger charge is 2.19. The number of aromatic nitrogens is 3. The zero-order valence-corrected chi connectivity index (χ0v) is 19.5. The Morgan fingerprint density at radius 2 is 1.88 bits per heavy atom. The molecule has 1 aromatic heterocycles. The predicted octanol–water partition coefficient (Wildman–Crippen LogP) is 4.67. The standard InChI is InChI=1S/C23H25ClN4O3S/c1-4-13-28-22(16(2)31-20-11-9-19(30-3)10-12-20)26-27-23(28)32-15-21(29)25-14-17-5-7-18(24)8-6-17/h4-12,16H,1,13-15H2,2-3H3,(H,25,29). The number of hydrogen-bond donors (Lipinski definition) is 1. The molecule has 9 heteroatoms. The lowest BCUT2D eigenvalue weighted by atomic mass is 10.2. The van der Waals surface area contributed by atoms with Gasteiger partial charge in [-0.1, -0.05) is 41.6 Å². The molecule has 0 radical (unpaired) electrons. The summed E-state index contributed by atoms with van der Waals surface area (Å²) in [6.45, 7) is 6.67. The number of carbonyl (C=O) groups is 1. The van der Waals surface area contributed by atoms with Gasteiger partial charge in [-0.2, -0.15) is 0 Å². The number of thioether (sulfide) groups is 1. The Morgan fingerprint density at radius 3 is 2.53 bits per heavy atom. The molecule has 2 aromatic carbocycles. The smallest absolute Gasteiger partial charge is 0.230 e. The van der Waals surface area contributed by atoms with Crippen molar-refractivity contribution in [3.8, 4) is 11.5 Å². The lowest BCUT2D eigenvalue weighted by Gasteiger charge is -2.16. The lowest BCUT2D eigenvalue weighted by Crippen LogP contribution is -2.24. The van der Waals surface area contributed by atoms with Crippen LogP contribution in [0.25, 0.3) is 0 Å². The van der Waals surface area contributed by atoms with Crippen LogP contribution in [0.2, 0.25) is 5.02 Å². The van der Waals surface area contributed by atoms with Crippen molar-refractivity contribution in [2.75, 3.05) is 12.9 Å². The van der Waals surface area contributed by atoms with E-state index in [-0.39, 0.29) is 17.8 Å². The van der Waals surface area contributed by atoms with Crippen molar-refractivity contribution in [3.63, 3.8) is 0 Å². The normalized spacial score (nSPS) is 11.6. The molecule has 3 aromatic rings. The minimum Gasteiger partial charge on any atom is -0.497 e. The minimum absolute atomic E-state index is 0.0952. The van der Waals surface area contributed by atoms with Crippen LogP contribution in [-0.4, -0.2) is 33.5 Å². The van der Waals surface area contributed by atoms with E-state index in [1.165, 1.54) is 11.8 Å². The number of hydrogen-bond acceptors (Lipinski definition) is 6. The number of benzene rings is 2. The summed E-state index contributed by atoms with van der Waals surface area (Å²) in [5.74, 6) is 2.23. The molecular formula is C23H25ClN4O3S. The van der Waals surface area contributed by atoms with E-state index >= 15 is 0 Å². The quantitative estimate of drug-likeness (QED) is 0.322. The third-order valence-electron chi connectivity index (χ3n) is 4.53. The first-order chi connectivity index (χ1) is 15.5. The number of allylic oxidation sites excluding steroid dienone is 1. The molecule has 7 nitrogen and oxygen atoms in total. The zero-order valence-electron chi connectivity index (χ0n) is 18.0. The Hall–Kier alpha value is -2.97. The van der Waals surface area contributed by atoms with Crippen LogP contribution in [0.4, 0.5) is 0 Å². The molecule has 0 saturated carbocycles. The van der Waals surface area contributed by atoms with Gasteiger partial charge in [0.15, 0.2) is 17.1 Å². The molecule has 32 heavy (non-hydrogen) atoms. The van der Waals surface area contributed by atoms with E-state index in [2.05, 4.69) is 22.1 Å². The monoisotopic (exact) mass is 472 g/mol. The van der Waals surface area contributed by atoms with E-state index in [9.17, 15) is 4.79 Å². The summed E-state index contributed by atoms with van der Waals surface area (Å²) < 4.78 is 13.1. The number of rotatable bonds is 11. The van der Waals surface area contributed by atoms with E-state index in [1.807, 2.05) is 47.9 Å². The summed E-state index contributed by atoms with van der Waals surface area (Å²) in [4.78, 5) is 12.3. The summed E-state index contributed by atoms with van der Waals surface area (Å²) in [5.41, 5.74) is 0.981. The van der Waals surface area contributed by atoms with E-state index in [0.29, 0.717) is 34.8 Å². The van der Waals surface area contributed by atoms with Crippen molar-refractivity contribution >= 4 is 29.3 Å². The van der Waals surface area contributed by atoms with Crippen molar-refractivity contribution in [2.45, 2.75) is 31.3 Å². The van der Waals surface area contributed by atoms with Crippen molar-refractivity contribution < 1.29 is 14.3 Å². The highest BCUT2D eigenvalue weighted by Crippen LogP contribution is 2.26. The average Bonchev–Trinajstić information content (AvgIpc) is 3.20. The van der Waals surface area contributed by atoms with Crippen LogP contribution in [-0.2, 0) is 17.9 Å². The molecule has 168 valence electrons. The number of nitrogens with one attached hydrogen (secondary N) is 1. The minimum atomic E-state index is -0.344. The molecule has 0 aliphatic heterocycles. The first-order valence-electron chi connectivity index (χ1n) is 9.98. The molecule has 1 unspecified atom stereocenters. The Kier molecular flexibility index (Phi) is 8.58. The van der Waals surface area contributed by atoms with Crippen molar-refractivity contribution in [1.82, 2.24) is 20.1 Å². The number of halogens is 1. The zero-order chi connectivity index (χ0) is 22.9. The van der Waals surface area contributed by atoms with Gasteiger partial charge in [0.1, 0.15) is 11.5 Å². The van der Waals surface area contributed by atoms with Gasteiger partial charge >= 0.3 is 0 Å². The van der Waals surface area contributed by atoms with Crippen LogP contribution < -0.4 is 14.8 Å². The van der Waals surface area contributed by atoms with Crippen LogP contribution >= 0.6 is 23.4 Å². The summed E-state index contributed by atoms with van der Waals surface area (Å²) in [6.07, 6.45) is 1.42. The van der Waals surface area contributed by atoms with Gasteiger partial charge < -0.3 is 14.8 Å². The van der Waals surface area contributed by atoms with E-state index in [1.54, 1.807) is 25.3 Å². The molecule has 0 aliphatic carbocycles. The highest BCUT2D eigenvalue weighted by atomic mass is 35.5. The topological polar surface area (TPSA) is 78.3 Å². The molecule has 1 heterocycles. The maximum atomic E-state index is 12.3. The number of methoxy groups -OCH3 is 1. The number of amides is 1. The second kappa shape index (κ2) is 11.6. The largest absolute Gasteiger partial charge is 0.497 e. The van der Waals surface area contributed by atoms with Gasteiger partial charge in [0.05, 0.1) is 12.9 Å². The van der Waals surface area contributed by atoms with Crippen LogP contribution in [0.3, 0.4) is 0 Å². The third-order valence-corrected chi connectivity index (χ3v) is 5.75. The molecule has 0 aliphatic rings. The van der Waals surface area contributed by atoms with Crippen molar-refractivity contribution in [3.05, 3.63) is 77.6 Å². The van der Waals surface area contributed by atoms with Crippen LogP contribution in [0.15, 0.2) is 66.3 Å². The van der Waals surface area contributed by atoms with E-state index in [4.69, 9.17) is 21.1 Å². The Labute approximate surface area is 196 Å². The Balaban J connectivity index is 1.59. The lowest BCUT2D eigenvalue weighted by molar-refractivity contribution is -0.118. The second-order valence-corrected chi connectivity index (χ2v) is 8.25. The fourth-order valence-corrected chi connectivity index (χ4v) is 3.81. The average molecular weight is 473 g/mol. The fourth-order valence-electron chi connectivity index (χ4n) is 2.90. The van der Waals surface area contributed by atoms with Crippen LogP contribution in [0, 0.1) is 0 Å². The second-order valence-electron chi connectivity index (χ2n) is 6.87. The Morgan fingerprint density at radius 1 is 1.19 bits per heavy atom. The summed E-state index contributed by atoms with van der Waals surface area (Å²) in [5, 5.41) is 12.7. The molecular weight excluding hydrogens is 448 g/mol. The maximum absolute atomic E-state index is 12.3. The highest BCUT2D eigenvalue weighted by molar-refractivity contribution is 7.99. The summed E-state index contributed by atoms with van der Waals surface area (Å²) >= 11 is 7.21. The van der Waals surface area contributed by atoms with Gasteiger partial charge in [-0.3, -0.25) is 9.36 Å². The van der Waals surface area contributed by atoms with Gasteiger partial charge in [0, 0.05) is 18.1 Å². The van der Waals surface area contributed by atoms with Gasteiger partial charge in [-0.05, 0) is 48.9 Å². The molecule has 3 rings (SSSR count). The molecule has 0 spiro atoms. The molecule has 0 bridgehead atoms. The third kappa shape index (κ3) is 6.51. The SMILES string of the molecule is C=CCn1c(SCC(=O)NCc2ccc(Cl)cc2)nnc1C(C)Oc1ccc(OC)cc1. The van der Waals surface area contributed by atoms with E-state index < -0.39 is 0 Å². The molecule has 1 atom stereocenters. The number of ether oxygens (including phenoxy) is 2. The number of nitrogens with zero attached hydrogens (tertiary/aromatic N) is 3. The first kappa shape index (κ1) is 23.7. The molecule has 0 saturated heterocycles. The number of carbonyl (C=O) groups excluding carboxylic acids is 1. The summed E-state index contributed by atoms with van der Waals surface area (Å²) in [7, 11) is 1.62. The van der Waals surface area contributed by atoms with Crippen molar-refractivity contribution in [2.24, 2.45) is 0 Å². The summed E-state index contributed by atoms with van der Waals surface area (Å²) in [6, 6.07) is 14.7. The first-order valence-corrected chi connectivity index (χ1v) is 11.3.